The minimum absolute atomic E-state index is 0.616. The van der Waals surface area contributed by atoms with Crippen LogP contribution in [0.3, 0.4) is 0 Å². The second-order valence-electron chi connectivity index (χ2n) is 4.13. The Bertz CT molecular complexity index is 355. The second kappa shape index (κ2) is 6.26. The molecule has 4 heteroatoms. The first-order valence-electron chi connectivity index (χ1n) is 5.33. The summed E-state index contributed by atoms with van der Waals surface area (Å²) in [7, 11) is 0. The molecule has 0 fully saturated rings. The van der Waals surface area contributed by atoms with Crippen molar-refractivity contribution in [3.63, 3.8) is 0 Å². The maximum atomic E-state index is 5.99. The second-order valence-corrected chi connectivity index (χ2v) is 5.45. The summed E-state index contributed by atoms with van der Waals surface area (Å²) in [5.41, 5.74) is 8.58. The van der Waals surface area contributed by atoms with Crippen molar-refractivity contribution >= 4 is 34.7 Å². The van der Waals surface area contributed by atoms with E-state index in [1.54, 1.807) is 0 Å². The van der Waals surface area contributed by atoms with E-state index in [1.165, 1.54) is 0 Å². The maximum Gasteiger partial charge on any atom is 0.0656 e. The van der Waals surface area contributed by atoms with Crippen molar-refractivity contribution in [2.45, 2.75) is 13.8 Å². The van der Waals surface area contributed by atoms with E-state index in [9.17, 15) is 0 Å². The Balaban J connectivity index is 2.63. The molecule has 0 aliphatic rings. The number of aryl methyl sites for hydroxylation is 1. The predicted molar refractivity (Wildman–Crippen MR) is 76.6 cm³/mol. The van der Waals surface area contributed by atoms with E-state index >= 15 is 0 Å². The third-order valence-electron chi connectivity index (χ3n) is 2.44. The van der Waals surface area contributed by atoms with Crippen LogP contribution >= 0.6 is 23.4 Å². The van der Waals surface area contributed by atoms with Crippen LogP contribution in [0.25, 0.3) is 0 Å². The van der Waals surface area contributed by atoms with E-state index < -0.39 is 0 Å². The maximum absolute atomic E-state index is 5.99. The van der Waals surface area contributed by atoms with Gasteiger partial charge in [0.1, 0.15) is 0 Å². The SMILES string of the molecule is CSCC(C)CNc1cc(Cl)c(N)cc1C. The lowest BCUT2D eigenvalue weighted by Crippen LogP contribution is -2.14. The van der Waals surface area contributed by atoms with E-state index in [0.29, 0.717) is 16.6 Å². The molecule has 0 saturated heterocycles. The Labute approximate surface area is 107 Å². The number of nitrogens with two attached hydrogens (primary N) is 1. The fourth-order valence-electron chi connectivity index (χ4n) is 1.52. The lowest BCUT2D eigenvalue weighted by atomic mass is 10.1. The molecular weight excluding hydrogens is 240 g/mol. The molecule has 0 bridgehead atoms. The van der Waals surface area contributed by atoms with Crippen molar-refractivity contribution in [1.29, 1.82) is 0 Å². The first kappa shape index (κ1) is 13.5. The van der Waals surface area contributed by atoms with Gasteiger partial charge in [-0.05, 0) is 42.5 Å². The standard InChI is InChI=1S/C12H19ClN2S/c1-8(7-16-3)6-15-12-5-10(13)11(14)4-9(12)2/h4-5,8,15H,6-7,14H2,1-3H3. The van der Waals surface area contributed by atoms with Gasteiger partial charge in [0.25, 0.3) is 0 Å². The summed E-state index contributed by atoms with van der Waals surface area (Å²) in [6, 6.07) is 3.81. The Hall–Kier alpha value is -0.540. The number of thioether (sulfide) groups is 1. The van der Waals surface area contributed by atoms with Crippen molar-refractivity contribution in [2.24, 2.45) is 5.92 Å². The summed E-state index contributed by atoms with van der Waals surface area (Å²) in [6.07, 6.45) is 2.13. The van der Waals surface area contributed by atoms with Gasteiger partial charge in [0, 0.05) is 12.2 Å². The van der Waals surface area contributed by atoms with Gasteiger partial charge in [-0.25, -0.2) is 0 Å². The van der Waals surface area contributed by atoms with Gasteiger partial charge in [0.15, 0.2) is 0 Å². The monoisotopic (exact) mass is 258 g/mol. The molecule has 0 aromatic heterocycles. The molecule has 90 valence electrons. The molecule has 16 heavy (non-hydrogen) atoms. The minimum Gasteiger partial charge on any atom is -0.398 e. The van der Waals surface area contributed by atoms with Crippen LogP contribution in [0, 0.1) is 12.8 Å². The van der Waals surface area contributed by atoms with Crippen LogP contribution in [-0.4, -0.2) is 18.6 Å². The van der Waals surface area contributed by atoms with Gasteiger partial charge >= 0.3 is 0 Å². The molecule has 3 N–H and O–H groups in total. The highest BCUT2D eigenvalue weighted by Crippen LogP contribution is 2.26. The van der Waals surface area contributed by atoms with Gasteiger partial charge < -0.3 is 11.1 Å². The third kappa shape index (κ3) is 3.80. The average molecular weight is 259 g/mol. The number of benzene rings is 1. The van der Waals surface area contributed by atoms with E-state index in [2.05, 4.69) is 18.5 Å². The first-order chi connectivity index (χ1) is 7.54. The summed E-state index contributed by atoms with van der Waals surface area (Å²) < 4.78 is 0. The molecule has 0 aliphatic heterocycles. The number of anilines is 2. The smallest absolute Gasteiger partial charge is 0.0656 e. The largest absolute Gasteiger partial charge is 0.398 e. The molecule has 0 radical (unpaired) electrons. The zero-order valence-electron chi connectivity index (χ0n) is 10.0. The van der Waals surface area contributed by atoms with Crippen LogP contribution in [0.2, 0.25) is 5.02 Å². The van der Waals surface area contributed by atoms with Crippen LogP contribution in [0.5, 0.6) is 0 Å². The van der Waals surface area contributed by atoms with Gasteiger partial charge in [0.05, 0.1) is 10.7 Å². The number of hydrogen-bond donors (Lipinski definition) is 2. The quantitative estimate of drug-likeness (QED) is 0.792. The Kier molecular flexibility index (Phi) is 5.29. The average Bonchev–Trinajstić information content (AvgIpc) is 2.22. The van der Waals surface area contributed by atoms with E-state index in [-0.39, 0.29) is 0 Å². The van der Waals surface area contributed by atoms with Crippen LogP contribution in [0.15, 0.2) is 12.1 Å². The number of nitrogens with one attached hydrogen (secondary N) is 1. The molecular formula is C12H19ClN2S. The zero-order chi connectivity index (χ0) is 12.1. The summed E-state index contributed by atoms with van der Waals surface area (Å²) in [6.45, 7) is 5.23. The minimum atomic E-state index is 0.616. The van der Waals surface area contributed by atoms with E-state index in [1.807, 2.05) is 30.8 Å². The molecule has 0 aliphatic carbocycles. The van der Waals surface area contributed by atoms with Gasteiger partial charge in [-0.3, -0.25) is 0 Å². The fraction of sp³-hybridized carbons (Fsp3) is 0.500. The summed E-state index contributed by atoms with van der Waals surface area (Å²) in [5, 5.41) is 4.03. The summed E-state index contributed by atoms with van der Waals surface area (Å²) in [5.74, 6) is 1.81. The third-order valence-corrected chi connectivity index (χ3v) is 3.67. The predicted octanol–water partition coefficient (Wildman–Crippen LogP) is 3.64. The fourth-order valence-corrected chi connectivity index (χ4v) is 2.37. The lowest BCUT2D eigenvalue weighted by molar-refractivity contribution is 0.701. The molecule has 1 aromatic carbocycles. The van der Waals surface area contributed by atoms with Crippen LogP contribution in [0.4, 0.5) is 11.4 Å². The number of hydrogen-bond acceptors (Lipinski definition) is 3. The Morgan fingerprint density at radius 1 is 1.50 bits per heavy atom. The molecule has 1 aromatic rings. The lowest BCUT2D eigenvalue weighted by Gasteiger charge is -2.15. The summed E-state index contributed by atoms with van der Waals surface area (Å²) >= 11 is 7.86. The van der Waals surface area contributed by atoms with E-state index in [0.717, 1.165) is 23.5 Å². The highest BCUT2D eigenvalue weighted by atomic mass is 35.5. The van der Waals surface area contributed by atoms with Crippen LogP contribution < -0.4 is 11.1 Å². The zero-order valence-corrected chi connectivity index (χ0v) is 11.6. The molecule has 1 atom stereocenters. The summed E-state index contributed by atoms with van der Waals surface area (Å²) in [4.78, 5) is 0. The Morgan fingerprint density at radius 3 is 2.81 bits per heavy atom. The molecule has 1 unspecified atom stereocenters. The van der Waals surface area contributed by atoms with Crippen molar-refractivity contribution in [3.05, 3.63) is 22.7 Å². The van der Waals surface area contributed by atoms with Gasteiger partial charge in [-0.15, -0.1) is 0 Å². The van der Waals surface area contributed by atoms with Gasteiger partial charge in [0.2, 0.25) is 0 Å². The topological polar surface area (TPSA) is 38.0 Å². The molecule has 0 heterocycles. The van der Waals surface area contributed by atoms with Crippen molar-refractivity contribution in [2.75, 3.05) is 29.6 Å². The molecule has 2 nitrogen and oxygen atoms in total. The van der Waals surface area contributed by atoms with Crippen molar-refractivity contribution < 1.29 is 0 Å². The van der Waals surface area contributed by atoms with E-state index in [4.69, 9.17) is 17.3 Å². The molecule has 0 amide bonds. The van der Waals surface area contributed by atoms with Crippen molar-refractivity contribution in [1.82, 2.24) is 0 Å². The van der Waals surface area contributed by atoms with Crippen LogP contribution in [0.1, 0.15) is 12.5 Å². The number of rotatable bonds is 5. The van der Waals surface area contributed by atoms with Gasteiger partial charge in [-0.1, -0.05) is 18.5 Å². The highest BCUT2D eigenvalue weighted by molar-refractivity contribution is 7.98. The number of nitrogen functional groups attached to an aromatic ring is 1. The molecule has 0 saturated carbocycles. The molecule has 0 spiro atoms. The normalized spacial score (nSPS) is 12.5. The highest BCUT2D eigenvalue weighted by Gasteiger charge is 2.05. The Morgan fingerprint density at radius 2 is 2.19 bits per heavy atom. The molecule has 1 rings (SSSR count). The van der Waals surface area contributed by atoms with Crippen LogP contribution in [-0.2, 0) is 0 Å². The number of halogens is 1. The van der Waals surface area contributed by atoms with Gasteiger partial charge in [-0.2, -0.15) is 11.8 Å². The van der Waals surface area contributed by atoms with Crippen molar-refractivity contribution in [3.8, 4) is 0 Å². The first-order valence-corrected chi connectivity index (χ1v) is 7.10.